The topological polar surface area (TPSA) is 116 Å². The molecule has 1 aliphatic heterocycles. The van der Waals surface area contributed by atoms with Crippen molar-refractivity contribution in [3.8, 4) is 16.9 Å². The fourth-order valence-corrected chi connectivity index (χ4v) is 3.04. The molecule has 2 amide bonds. The number of nitrogens with zero attached hydrogens (tertiary/aromatic N) is 5. The van der Waals surface area contributed by atoms with Gasteiger partial charge in [0.1, 0.15) is 11.9 Å². The quantitative estimate of drug-likeness (QED) is 0.704. The number of hydrogen-bond acceptors (Lipinski definition) is 6. The lowest BCUT2D eigenvalue weighted by Gasteiger charge is -2.15. The van der Waals surface area contributed by atoms with Gasteiger partial charge in [0.05, 0.1) is 30.5 Å². The molecule has 29 heavy (non-hydrogen) atoms. The van der Waals surface area contributed by atoms with Gasteiger partial charge in [-0.15, -0.1) is 4.80 Å². The molecule has 0 saturated carbocycles. The van der Waals surface area contributed by atoms with Gasteiger partial charge in [-0.3, -0.25) is 9.69 Å². The van der Waals surface area contributed by atoms with E-state index in [2.05, 4.69) is 15.2 Å². The van der Waals surface area contributed by atoms with Crippen LogP contribution in [0.3, 0.4) is 0 Å². The Hall–Kier alpha value is -3.82. The van der Waals surface area contributed by atoms with E-state index >= 15 is 0 Å². The lowest BCUT2D eigenvalue weighted by molar-refractivity contribution is -0.123. The number of ether oxygens (including phenoxy) is 1. The van der Waals surface area contributed by atoms with Gasteiger partial charge < -0.3 is 10.5 Å². The van der Waals surface area contributed by atoms with E-state index in [9.17, 15) is 14.0 Å². The van der Waals surface area contributed by atoms with Crippen molar-refractivity contribution in [2.75, 3.05) is 11.4 Å². The second kappa shape index (κ2) is 7.30. The highest BCUT2D eigenvalue weighted by Gasteiger charge is 2.37. The second-order valence-corrected chi connectivity index (χ2v) is 6.61. The lowest BCUT2D eigenvalue weighted by Crippen LogP contribution is -2.34. The van der Waals surface area contributed by atoms with Gasteiger partial charge in [0.2, 0.25) is 5.91 Å². The Kier molecular flexibility index (Phi) is 4.67. The van der Waals surface area contributed by atoms with E-state index in [1.165, 1.54) is 34.4 Å². The molecule has 2 N–H and O–H groups in total. The zero-order chi connectivity index (χ0) is 20.5. The van der Waals surface area contributed by atoms with Gasteiger partial charge in [0.15, 0.2) is 5.82 Å². The van der Waals surface area contributed by atoms with E-state index < -0.39 is 29.8 Å². The fraction of sp³-hybridized carbons (Fsp3) is 0.211. The van der Waals surface area contributed by atoms with Crippen LogP contribution in [-0.4, -0.2) is 44.6 Å². The fourth-order valence-electron chi connectivity index (χ4n) is 3.04. The molecule has 1 aromatic carbocycles. The van der Waals surface area contributed by atoms with E-state index in [4.69, 9.17) is 10.5 Å². The molecule has 1 saturated heterocycles. The van der Waals surface area contributed by atoms with E-state index in [1.807, 2.05) is 0 Å². The maximum absolute atomic E-state index is 14.8. The summed E-state index contributed by atoms with van der Waals surface area (Å²) in [6, 6.07) is 7.80. The van der Waals surface area contributed by atoms with Crippen molar-refractivity contribution >= 4 is 17.7 Å². The summed E-state index contributed by atoms with van der Waals surface area (Å²) in [5.41, 5.74) is 6.50. The summed E-state index contributed by atoms with van der Waals surface area (Å²) in [5.74, 6) is -1.21. The molecule has 2 atom stereocenters. The Morgan fingerprint density at radius 2 is 2.03 bits per heavy atom. The van der Waals surface area contributed by atoms with Crippen LogP contribution in [0, 0.1) is 11.7 Å². The van der Waals surface area contributed by atoms with E-state index in [0.717, 1.165) is 0 Å². The molecule has 2 aromatic heterocycles. The average Bonchev–Trinajstić information content (AvgIpc) is 3.37. The highest BCUT2D eigenvalue weighted by Crippen LogP contribution is 2.30. The number of primary amides is 1. The molecular weight excluding hydrogens is 379 g/mol. The minimum Gasteiger partial charge on any atom is -0.443 e. The van der Waals surface area contributed by atoms with Crippen molar-refractivity contribution in [3.05, 3.63) is 54.7 Å². The van der Waals surface area contributed by atoms with Crippen LogP contribution in [0.15, 0.2) is 48.9 Å². The summed E-state index contributed by atoms with van der Waals surface area (Å²) in [6.07, 6.45) is 3.27. The smallest absolute Gasteiger partial charge is 0.414 e. The molecule has 9 nitrogen and oxygen atoms in total. The van der Waals surface area contributed by atoms with Gasteiger partial charge in [0.25, 0.3) is 0 Å². The Labute approximate surface area is 164 Å². The number of aromatic nitrogens is 4. The van der Waals surface area contributed by atoms with Gasteiger partial charge in [-0.2, -0.15) is 10.2 Å². The number of carbonyl (C=O) groups is 2. The largest absolute Gasteiger partial charge is 0.443 e. The third kappa shape index (κ3) is 3.51. The van der Waals surface area contributed by atoms with Crippen molar-refractivity contribution in [2.45, 2.75) is 13.0 Å². The first-order chi connectivity index (χ1) is 13.9. The number of halogens is 1. The Balaban J connectivity index is 1.55. The van der Waals surface area contributed by atoms with Crippen molar-refractivity contribution in [1.29, 1.82) is 0 Å². The summed E-state index contributed by atoms with van der Waals surface area (Å²) in [5, 5.41) is 7.98. The average molecular weight is 396 g/mol. The number of hydrogen-bond donors (Lipinski definition) is 1. The molecule has 1 aliphatic rings. The molecule has 10 heteroatoms. The van der Waals surface area contributed by atoms with Gasteiger partial charge >= 0.3 is 6.09 Å². The maximum atomic E-state index is 14.8. The van der Waals surface area contributed by atoms with Crippen LogP contribution in [-0.2, 0) is 9.53 Å². The normalized spacial score (nSPS) is 17.2. The maximum Gasteiger partial charge on any atom is 0.414 e. The van der Waals surface area contributed by atoms with E-state index in [1.54, 1.807) is 31.2 Å². The number of carbonyl (C=O) groups excluding carboxylic acids is 2. The SMILES string of the molecule is CC(C(N)=O)C1CN(c2ccc(-c3ccc(-n4nccn4)nc3)c(F)c2)C(=O)O1. The van der Waals surface area contributed by atoms with Gasteiger partial charge in [-0.05, 0) is 37.3 Å². The monoisotopic (exact) mass is 396 g/mol. The number of rotatable bonds is 5. The minimum atomic E-state index is -0.671. The first-order valence-corrected chi connectivity index (χ1v) is 8.84. The molecule has 2 unspecified atom stereocenters. The molecule has 3 heterocycles. The number of nitrogens with two attached hydrogens (primary N) is 1. The number of benzene rings is 1. The molecule has 1 fully saturated rings. The Morgan fingerprint density at radius 1 is 1.28 bits per heavy atom. The first-order valence-electron chi connectivity index (χ1n) is 8.84. The predicted molar refractivity (Wildman–Crippen MR) is 101 cm³/mol. The van der Waals surface area contributed by atoms with Crippen LogP contribution in [0.4, 0.5) is 14.9 Å². The molecule has 148 valence electrons. The molecule has 0 radical (unpaired) electrons. The Morgan fingerprint density at radius 3 is 2.66 bits per heavy atom. The third-order valence-corrected chi connectivity index (χ3v) is 4.79. The number of pyridine rings is 1. The molecule has 4 rings (SSSR count). The zero-order valence-electron chi connectivity index (χ0n) is 15.4. The van der Waals surface area contributed by atoms with E-state index in [0.29, 0.717) is 22.6 Å². The van der Waals surface area contributed by atoms with Gasteiger partial charge in [0, 0.05) is 17.3 Å². The highest BCUT2D eigenvalue weighted by atomic mass is 19.1. The number of cyclic esters (lactones) is 1. The summed E-state index contributed by atoms with van der Waals surface area (Å²) < 4.78 is 20.0. The van der Waals surface area contributed by atoms with Crippen molar-refractivity contribution < 1.29 is 18.7 Å². The first kappa shape index (κ1) is 18.5. The van der Waals surface area contributed by atoms with Crippen molar-refractivity contribution in [2.24, 2.45) is 11.7 Å². The second-order valence-electron chi connectivity index (χ2n) is 6.61. The lowest BCUT2D eigenvalue weighted by atomic mass is 10.0. The standard InChI is InChI=1S/C19H17FN6O3/c1-11(18(21)27)16-10-25(19(28)29-16)13-3-4-14(15(20)8-13)12-2-5-17(22-9-12)26-23-6-7-24-26/h2-9,11,16H,10H2,1H3,(H2,21,27). The molecule has 0 bridgehead atoms. The minimum absolute atomic E-state index is 0.120. The molecule has 0 spiro atoms. The van der Waals surface area contributed by atoms with Crippen LogP contribution < -0.4 is 10.6 Å². The van der Waals surface area contributed by atoms with Crippen molar-refractivity contribution in [3.63, 3.8) is 0 Å². The third-order valence-electron chi connectivity index (χ3n) is 4.79. The van der Waals surface area contributed by atoms with Crippen LogP contribution in [0.2, 0.25) is 0 Å². The number of amides is 2. The zero-order valence-corrected chi connectivity index (χ0v) is 15.4. The van der Waals surface area contributed by atoms with Gasteiger partial charge in [-0.25, -0.2) is 14.2 Å². The summed E-state index contributed by atoms with van der Waals surface area (Å²) in [6.45, 7) is 1.71. The van der Waals surface area contributed by atoms with Crippen molar-refractivity contribution in [1.82, 2.24) is 20.0 Å². The predicted octanol–water partition coefficient (Wildman–Crippen LogP) is 1.91. The molecule has 0 aliphatic carbocycles. The Bertz CT molecular complexity index is 1050. The summed E-state index contributed by atoms with van der Waals surface area (Å²) in [4.78, 5) is 30.3. The molecule has 3 aromatic rings. The summed E-state index contributed by atoms with van der Waals surface area (Å²) >= 11 is 0. The highest BCUT2D eigenvalue weighted by molar-refractivity contribution is 5.91. The van der Waals surface area contributed by atoms with Crippen LogP contribution >= 0.6 is 0 Å². The van der Waals surface area contributed by atoms with E-state index in [-0.39, 0.29) is 6.54 Å². The van der Waals surface area contributed by atoms with Crippen LogP contribution in [0.25, 0.3) is 16.9 Å². The number of anilines is 1. The molecular formula is C19H17FN6O3. The van der Waals surface area contributed by atoms with Crippen LogP contribution in [0.1, 0.15) is 6.92 Å². The summed E-state index contributed by atoms with van der Waals surface area (Å²) in [7, 11) is 0. The van der Waals surface area contributed by atoms with Gasteiger partial charge in [-0.1, -0.05) is 0 Å². The van der Waals surface area contributed by atoms with Crippen LogP contribution in [0.5, 0.6) is 0 Å².